The van der Waals surface area contributed by atoms with E-state index in [4.69, 9.17) is 0 Å². The molecule has 0 heterocycles. The average Bonchev–Trinajstić information content (AvgIpc) is 2.30. The predicted octanol–water partition coefficient (Wildman–Crippen LogP) is 6.53. The molecule has 0 saturated carbocycles. The zero-order chi connectivity index (χ0) is 14.6. The smallest absolute Gasteiger partial charge is 0.0133 e. The molecule has 1 rings (SSSR count). The lowest BCUT2D eigenvalue weighted by Gasteiger charge is -2.15. The van der Waals surface area contributed by atoms with Crippen LogP contribution in [0.2, 0.25) is 0 Å². The van der Waals surface area contributed by atoms with E-state index >= 15 is 0 Å². The van der Waals surface area contributed by atoms with Gasteiger partial charge in [0.05, 0.1) is 0 Å². The summed E-state index contributed by atoms with van der Waals surface area (Å²) in [5.41, 5.74) is 5.38. The summed E-state index contributed by atoms with van der Waals surface area (Å²) in [5, 5.41) is 0. The maximum atomic E-state index is 3.94. The predicted molar refractivity (Wildman–Crippen MR) is 104 cm³/mol. The van der Waals surface area contributed by atoms with E-state index in [9.17, 15) is 0 Å². The van der Waals surface area contributed by atoms with Crippen molar-refractivity contribution >= 4 is 50.8 Å². The Morgan fingerprint density at radius 3 is 2.37 bits per heavy atom. The van der Waals surface area contributed by atoms with E-state index in [-0.39, 0.29) is 0 Å². The number of halogens is 2. The van der Waals surface area contributed by atoms with Gasteiger partial charge in [-0.2, -0.15) is 0 Å². The minimum atomic E-state index is 0.542. The SMILES string of the molecule is C=C(I)/C=C\C(=C(/C)C(C)C)c1ccc(I)cc1C. The van der Waals surface area contributed by atoms with Crippen molar-refractivity contribution in [2.45, 2.75) is 27.7 Å². The Balaban J connectivity index is 3.40. The fraction of sp³-hybridized carbons (Fsp3) is 0.294. The Kier molecular flexibility index (Phi) is 6.80. The van der Waals surface area contributed by atoms with Gasteiger partial charge in [0.15, 0.2) is 0 Å². The fourth-order valence-electron chi connectivity index (χ4n) is 1.85. The van der Waals surface area contributed by atoms with Crippen LogP contribution < -0.4 is 0 Å². The van der Waals surface area contributed by atoms with Crippen molar-refractivity contribution in [1.82, 2.24) is 0 Å². The molecule has 0 bridgehead atoms. The quantitative estimate of drug-likeness (QED) is 0.341. The summed E-state index contributed by atoms with van der Waals surface area (Å²) in [7, 11) is 0. The Hall–Kier alpha value is -0.100. The Morgan fingerprint density at radius 1 is 1.26 bits per heavy atom. The fourth-order valence-corrected chi connectivity index (χ4v) is 2.67. The molecule has 102 valence electrons. The van der Waals surface area contributed by atoms with Gasteiger partial charge in [0.1, 0.15) is 0 Å². The van der Waals surface area contributed by atoms with Gasteiger partial charge in [0, 0.05) is 7.15 Å². The lowest BCUT2D eigenvalue weighted by Crippen LogP contribution is -1.97. The van der Waals surface area contributed by atoms with Crippen LogP contribution >= 0.6 is 45.2 Å². The van der Waals surface area contributed by atoms with Gasteiger partial charge in [-0.05, 0) is 99.9 Å². The van der Waals surface area contributed by atoms with E-state index in [0.29, 0.717) is 5.92 Å². The lowest BCUT2D eigenvalue weighted by atomic mass is 9.91. The number of rotatable bonds is 4. The van der Waals surface area contributed by atoms with Crippen molar-refractivity contribution in [2.75, 3.05) is 0 Å². The molecule has 0 nitrogen and oxygen atoms in total. The maximum Gasteiger partial charge on any atom is 0.0133 e. The van der Waals surface area contributed by atoms with Crippen molar-refractivity contribution < 1.29 is 0 Å². The maximum absolute atomic E-state index is 3.94. The lowest BCUT2D eigenvalue weighted by molar-refractivity contribution is 0.773. The third-order valence-electron chi connectivity index (χ3n) is 3.20. The van der Waals surface area contributed by atoms with Gasteiger partial charge in [0.2, 0.25) is 0 Å². The molecule has 0 N–H and O–H groups in total. The van der Waals surface area contributed by atoms with Crippen LogP contribution in [0.4, 0.5) is 0 Å². The third kappa shape index (κ3) is 5.06. The molecule has 0 radical (unpaired) electrons. The Morgan fingerprint density at radius 2 is 1.89 bits per heavy atom. The van der Waals surface area contributed by atoms with E-state index in [1.807, 2.05) is 0 Å². The van der Waals surface area contributed by atoms with Crippen LogP contribution in [0, 0.1) is 16.4 Å². The average molecular weight is 478 g/mol. The zero-order valence-corrected chi connectivity index (χ0v) is 16.2. The normalized spacial score (nSPS) is 13.0. The minimum Gasteiger partial charge on any atom is -0.0856 e. The highest BCUT2D eigenvalue weighted by Crippen LogP contribution is 2.29. The first-order valence-corrected chi connectivity index (χ1v) is 8.48. The van der Waals surface area contributed by atoms with E-state index < -0.39 is 0 Å². The Labute approximate surface area is 144 Å². The van der Waals surface area contributed by atoms with Crippen LogP contribution in [-0.2, 0) is 0 Å². The molecular weight excluding hydrogens is 458 g/mol. The molecule has 1 aromatic rings. The molecule has 0 saturated heterocycles. The first-order valence-electron chi connectivity index (χ1n) is 6.32. The van der Waals surface area contributed by atoms with Gasteiger partial charge in [-0.1, -0.05) is 38.1 Å². The first kappa shape index (κ1) is 17.0. The summed E-state index contributed by atoms with van der Waals surface area (Å²) >= 11 is 4.60. The van der Waals surface area contributed by atoms with Crippen molar-refractivity contribution in [1.29, 1.82) is 0 Å². The molecule has 0 aromatic heterocycles. The summed E-state index contributed by atoms with van der Waals surface area (Å²) < 4.78 is 2.33. The van der Waals surface area contributed by atoms with Crippen molar-refractivity contribution in [3.05, 3.63) is 60.8 Å². The van der Waals surface area contributed by atoms with Crippen LogP contribution in [0.1, 0.15) is 31.9 Å². The molecule has 0 atom stereocenters. The van der Waals surface area contributed by atoms with Gasteiger partial charge >= 0.3 is 0 Å². The summed E-state index contributed by atoms with van der Waals surface area (Å²) in [6.07, 6.45) is 4.28. The zero-order valence-electron chi connectivity index (χ0n) is 11.9. The van der Waals surface area contributed by atoms with Crippen LogP contribution in [-0.4, -0.2) is 0 Å². The van der Waals surface area contributed by atoms with E-state index in [1.54, 1.807) is 0 Å². The second kappa shape index (κ2) is 7.62. The molecule has 0 aliphatic heterocycles. The van der Waals surface area contributed by atoms with Crippen molar-refractivity contribution in [2.24, 2.45) is 5.92 Å². The van der Waals surface area contributed by atoms with E-state index in [1.165, 1.54) is 25.8 Å². The monoisotopic (exact) mass is 478 g/mol. The molecule has 0 unspecified atom stereocenters. The van der Waals surface area contributed by atoms with Crippen LogP contribution in [0.5, 0.6) is 0 Å². The largest absolute Gasteiger partial charge is 0.0856 e. The summed E-state index contributed by atoms with van der Waals surface area (Å²) in [4.78, 5) is 0. The second-order valence-corrected chi connectivity index (χ2v) is 7.62. The molecule has 0 aliphatic carbocycles. The number of hydrogen-bond donors (Lipinski definition) is 0. The van der Waals surface area contributed by atoms with Crippen LogP contribution in [0.15, 0.2) is 46.1 Å². The topological polar surface area (TPSA) is 0 Å². The van der Waals surface area contributed by atoms with E-state index in [2.05, 4.69) is 110 Å². The van der Waals surface area contributed by atoms with Gasteiger partial charge in [-0.15, -0.1) is 0 Å². The van der Waals surface area contributed by atoms with E-state index in [0.717, 1.165) is 3.58 Å². The van der Waals surface area contributed by atoms with Gasteiger partial charge in [0.25, 0.3) is 0 Å². The molecule has 0 amide bonds. The highest BCUT2D eigenvalue weighted by Gasteiger charge is 2.09. The molecule has 19 heavy (non-hydrogen) atoms. The number of hydrogen-bond acceptors (Lipinski definition) is 0. The summed E-state index contributed by atoms with van der Waals surface area (Å²) in [6, 6.07) is 6.62. The van der Waals surface area contributed by atoms with Crippen LogP contribution in [0.25, 0.3) is 5.57 Å². The van der Waals surface area contributed by atoms with Gasteiger partial charge < -0.3 is 0 Å². The highest BCUT2D eigenvalue weighted by atomic mass is 127. The van der Waals surface area contributed by atoms with Crippen LogP contribution in [0.3, 0.4) is 0 Å². The molecular formula is C17H20I2. The number of aryl methyl sites for hydroxylation is 1. The molecule has 2 heteroatoms. The number of allylic oxidation sites excluding steroid dienone is 5. The van der Waals surface area contributed by atoms with Gasteiger partial charge in [-0.25, -0.2) is 0 Å². The molecule has 1 aromatic carbocycles. The second-order valence-electron chi connectivity index (χ2n) is 4.99. The highest BCUT2D eigenvalue weighted by molar-refractivity contribution is 14.1. The molecule has 0 spiro atoms. The number of benzene rings is 1. The first-order chi connectivity index (χ1) is 8.82. The summed E-state index contributed by atoms with van der Waals surface area (Å²) in [6.45, 7) is 12.8. The standard InChI is InChI=1S/C17H20I2/c1-11(2)14(5)17(8-6-13(4)18)16-9-7-15(19)10-12(16)3/h6-11H,4H2,1-3,5H3/b8-6-,17-14-. The van der Waals surface area contributed by atoms with Crippen molar-refractivity contribution in [3.63, 3.8) is 0 Å². The summed E-state index contributed by atoms with van der Waals surface area (Å²) in [5.74, 6) is 0.542. The minimum absolute atomic E-state index is 0.542. The van der Waals surface area contributed by atoms with Crippen molar-refractivity contribution in [3.8, 4) is 0 Å². The van der Waals surface area contributed by atoms with Gasteiger partial charge in [-0.3, -0.25) is 0 Å². The third-order valence-corrected chi connectivity index (χ3v) is 4.23. The molecule has 0 aliphatic rings. The molecule has 0 fully saturated rings. The Bertz CT molecular complexity index is 534.